The summed E-state index contributed by atoms with van der Waals surface area (Å²) < 4.78 is 7.40. The molecular weight excluding hydrogens is 417 g/mol. The minimum Gasteiger partial charge on any atom is -0.467 e. The van der Waals surface area contributed by atoms with Crippen molar-refractivity contribution in [1.29, 1.82) is 0 Å². The van der Waals surface area contributed by atoms with E-state index in [1.807, 2.05) is 12.1 Å². The molecule has 0 bridgehead atoms. The number of guanidine groups is 1. The van der Waals surface area contributed by atoms with Crippen molar-refractivity contribution in [2.24, 2.45) is 4.99 Å². The summed E-state index contributed by atoms with van der Waals surface area (Å²) in [5.74, 6) is 1.70. The fourth-order valence-corrected chi connectivity index (χ4v) is 2.87. The monoisotopic (exact) mass is 443 g/mol. The van der Waals surface area contributed by atoms with E-state index in [2.05, 4.69) is 40.4 Å². The molecule has 7 heteroatoms. The predicted octanol–water partition coefficient (Wildman–Crippen LogP) is 2.90. The maximum absolute atomic E-state index is 5.33. The number of nitrogens with one attached hydrogen (secondary N) is 2. The Balaban J connectivity index is 0.00000208. The molecule has 1 unspecified atom stereocenters. The Morgan fingerprint density at radius 1 is 1.50 bits per heavy atom. The standard InChI is InChI=1S/C17H25N5O.HI/c1-12(2)22-11-13-6-7-14(9-16(13)21-22)20-17(18-3)19-10-15-5-4-8-23-15;/h4-5,8,11-12,14H,6-7,9-10H2,1-3H3,(H2,18,19,20);1H. The number of aryl methyl sites for hydroxylation is 1. The Morgan fingerprint density at radius 2 is 2.33 bits per heavy atom. The van der Waals surface area contributed by atoms with Crippen LogP contribution in [0, 0.1) is 0 Å². The molecule has 2 aromatic rings. The molecule has 132 valence electrons. The molecule has 0 saturated heterocycles. The van der Waals surface area contributed by atoms with E-state index in [1.165, 1.54) is 11.3 Å². The highest BCUT2D eigenvalue weighted by Crippen LogP contribution is 2.21. The summed E-state index contributed by atoms with van der Waals surface area (Å²) in [4.78, 5) is 4.30. The van der Waals surface area contributed by atoms with Crippen LogP contribution in [-0.4, -0.2) is 28.8 Å². The Morgan fingerprint density at radius 3 is 3.00 bits per heavy atom. The molecule has 2 heterocycles. The van der Waals surface area contributed by atoms with E-state index >= 15 is 0 Å². The zero-order chi connectivity index (χ0) is 16.2. The highest BCUT2D eigenvalue weighted by atomic mass is 127. The first-order valence-corrected chi connectivity index (χ1v) is 8.22. The summed E-state index contributed by atoms with van der Waals surface area (Å²) in [7, 11) is 1.79. The third-order valence-corrected chi connectivity index (χ3v) is 4.20. The van der Waals surface area contributed by atoms with E-state index in [0.29, 0.717) is 18.6 Å². The van der Waals surface area contributed by atoms with Crippen molar-refractivity contribution in [3.63, 3.8) is 0 Å². The largest absolute Gasteiger partial charge is 0.467 e. The first-order valence-electron chi connectivity index (χ1n) is 8.22. The number of nitrogens with zero attached hydrogens (tertiary/aromatic N) is 3. The molecule has 2 aromatic heterocycles. The van der Waals surface area contributed by atoms with Gasteiger partial charge in [0.25, 0.3) is 0 Å². The molecule has 6 nitrogen and oxygen atoms in total. The average molecular weight is 443 g/mol. The summed E-state index contributed by atoms with van der Waals surface area (Å²) in [6, 6.07) is 4.61. The maximum atomic E-state index is 5.33. The zero-order valence-electron chi connectivity index (χ0n) is 14.5. The topological polar surface area (TPSA) is 67.4 Å². The summed E-state index contributed by atoms with van der Waals surface area (Å²) in [5, 5.41) is 11.5. The Kier molecular flexibility index (Phi) is 6.70. The van der Waals surface area contributed by atoms with Crippen molar-refractivity contribution in [2.45, 2.75) is 51.7 Å². The smallest absolute Gasteiger partial charge is 0.191 e. The summed E-state index contributed by atoms with van der Waals surface area (Å²) >= 11 is 0. The van der Waals surface area contributed by atoms with E-state index in [1.54, 1.807) is 13.3 Å². The van der Waals surface area contributed by atoms with Gasteiger partial charge in [-0.15, -0.1) is 24.0 Å². The van der Waals surface area contributed by atoms with Crippen molar-refractivity contribution in [3.8, 4) is 0 Å². The Labute approximate surface area is 160 Å². The van der Waals surface area contributed by atoms with Gasteiger partial charge in [-0.1, -0.05) is 0 Å². The van der Waals surface area contributed by atoms with Crippen LogP contribution in [0.15, 0.2) is 34.0 Å². The van der Waals surface area contributed by atoms with Crippen LogP contribution in [0.25, 0.3) is 0 Å². The minimum atomic E-state index is 0. The molecule has 0 aliphatic heterocycles. The lowest BCUT2D eigenvalue weighted by Crippen LogP contribution is -2.45. The van der Waals surface area contributed by atoms with Gasteiger partial charge in [-0.2, -0.15) is 5.10 Å². The third kappa shape index (κ3) is 4.52. The predicted molar refractivity (Wildman–Crippen MR) is 106 cm³/mol. The van der Waals surface area contributed by atoms with Crippen LogP contribution in [0.2, 0.25) is 0 Å². The van der Waals surface area contributed by atoms with E-state index in [-0.39, 0.29) is 24.0 Å². The molecule has 2 N–H and O–H groups in total. The first kappa shape index (κ1) is 18.8. The molecule has 1 aliphatic rings. The van der Waals surface area contributed by atoms with Gasteiger partial charge in [0.1, 0.15) is 5.76 Å². The van der Waals surface area contributed by atoms with Crippen LogP contribution in [0.4, 0.5) is 0 Å². The van der Waals surface area contributed by atoms with Crippen molar-refractivity contribution >= 4 is 29.9 Å². The van der Waals surface area contributed by atoms with Crippen LogP contribution in [0.1, 0.15) is 43.3 Å². The summed E-state index contributed by atoms with van der Waals surface area (Å²) in [6.45, 7) is 4.95. The lowest BCUT2D eigenvalue weighted by Gasteiger charge is -2.24. The number of hydrogen-bond donors (Lipinski definition) is 2. The van der Waals surface area contributed by atoms with Gasteiger partial charge >= 0.3 is 0 Å². The lowest BCUT2D eigenvalue weighted by atomic mass is 9.94. The lowest BCUT2D eigenvalue weighted by molar-refractivity contribution is 0.487. The maximum Gasteiger partial charge on any atom is 0.191 e. The molecule has 0 fully saturated rings. The number of rotatable bonds is 4. The zero-order valence-corrected chi connectivity index (χ0v) is 16.8. The second kappa shape index (κ2) is 8.55. The molecule has 0 amide bonds. The van der Waals surface area contributed by atoms with Gasteiger partial charge in [0, 0.05) is 31.7 Å². The van der Waals surface area contributed by atoms with Crippen LogP contribution in [0.5, 0.6) is 0 Å². The van der Waals surface area contributed by atoms with Gasteiger partial charge in [-0.25, -0.2) is 0 Å². The Bertz CT molecular complexity index is 663. The fraction of sp³-hybridized carbons (Fsp3) is 0.529. The average Bonchev–Trinajstić information content (AvgIpc) is 3.20. The summed E-state index contributed by atoms with van der Waals surface area (Å²) in [6.07, 6.45) is 6.98. The van der Waals surface area contributed by atoms with E-state index in [0.717, 1.165) is 31.0 Å². The molecule has 0 radical (unpaired) electrons. The van der Waals surface area contributed by atoms with Crippen molar-refractivity contribution < 1.29 is 4.42 Å². The number of aromatic nitrogens is 2. The number of furan rings is 1. The second-order valence-corrected chi connectivity index (χ2v) is 6.26. The molecule has 0 aromatic carbocycles. The van der Waals surface area contributed by atoms with Crippen LogP contribution < -0.4 is 10.6 Å². The minimum absolute atomic E-state index is 0. The summed E-state index contributed by atoms with van der Waals surface area (Å²) in [5.41, 5.74) is 2.60. The van der Waals surface area contributed by atoms with Crippen molar-refractivity contribution in [2.75, 3.05) is 7.05 Å². The second-order valence-electron chi connectivity index (χ2n) is 6.26. The first-order chi connectivity index (χ1) is 11.2. The van der Waals surface area contributed by atoms with Gasteiger partial charge in [0.15, 0.2) is 5.96 Å². The highest BCUT2D eigenvalue weighted by molar-refractivity contribution is 14.0. The molecule has 1 atom stereocenters. The molecule has 3 rings (SSSR count). The highest BCUT2D eigenvalue weighted by Gasteiger charge is 2.22. The molecule has 0 saturated carbocycles. The van der Waals surface area contributed by atoms with Gasteiger partial charge in [-0.05, 0) is 44.4 Å². The third-order valence-electron chi connectivity index (χ3n) is 4.20. The van der Waals surface area contributed by atoms with E-state index in [4.69, 9.17) is 9.52 Å². The van der Waals surface area contributed by atoms with Crippen molar-refractivity contribution in [1.82, 2.24) is 20.4 Å². The normalized spacial score (nSPS) is 17.3. The molecule has 0 spiro atoms. The number of halogens is 1. The van der Waals surface area contributed by atoms with Gasteiger partial charge in [0.2, 0.25) is 0 Å². The molecular formula is C17H26IN5O. The van der Waals surface area contributed by atoms with Crippen LogP contribution in [-0.2, 0) is 19.4 Å². The van der Waals surface area contributed by atoms with E-state index < -0.39 is 0 Å². The number of fused-ring (bicyclic) bond motifs is 1. The molecule has 24 heavy (non-hydrogen) atoms. The quantitative estimate of drug-likeness (QED) is 0.433. The van der Waals surface area contributed by atoms with Crippen molar-refractivity contribution in [3.05, 3.63) is 41.6 Å². The fourth-order valence-electron chi connectivity index (χ4n) is 2.87. The Hall–Kier alpha value is -1.51. The van der Waals surface area contributed by atoms with Crippen LogP contribution >= 0.6 is 24.0 Å². The van der Waals surface area contributed by atoms with Gasteiger partial charge in [-0.3, -0.25) is 9.67 Å². The van der Waals surface area contributed by atoms with Gasteiger partial charge in [0.05, 0.1) is 18.5 Å². The van der Waals surface area contributed by atoms with Crippen LogP contribution in [0.3, 0.4) is 0 Å². The SMILES string of the molecule is CN=C(NCc1ccco1)NC1CCc2cn(C(C)C)nc2C1.I. The van der Waals surface area contributed by atoms with E-state index in [9.17, 15) is 0 Å². The van der Waals surface area contributed by atoms with Gasteiger partial charge < -0.3 is 15.1 Å². The molecule has 1 aliphatic carbocycles. The number of aliphatic imine (C=N–C) groups is 1. The number of hydrogen-bond acceptors (Lipinski definition) is 3.